The van der Waals surface area contributed by atoms with E-state index in [1.165, 1.54) is 49.7 Å². The normalized spacial score (nSPS) is 16.6. The lowest BCUT2D eigenvalue weighted by Crippen LogP contribution is -2.06. The van der Waals surface area contributed by atoms with E-state index in [4.69, 9.17) is 9.97 Å². The molecule has 204 valence electrons. The van der Waals surface area contributed by atoms with Gasteiger partial charge >= 0.3 is 0 Å². The number of hydrogen-bond donors (Lipinski definition) is 0. The Balaban J connectivity index is 1.22. The second-order valence-corrected chi connectivity index (χ2v) is 11.9. The van der Waals surface area contributed by atoms with E-state index in [1.54, 1.807) is 0 Å². The summed E-state index contributed by atoms with van der Waals surface area (Å²) in [4.78, 5) is 10.6. The van der Waals surface area contributed by atoms with Crippen LogP contribution in [-0.4, -0.2) is 14.5 Å². The minimum Gasteiger partial charge on any atom is -0.309 e. The summed E-state index contributed by atoms with van der Waals surface area (Å²) in [6.45, 7) is 4.29. The third-order valence-electron chi connectivity index (χ3n) is 9.20. The number of aryl methyl sites for hydroxylation is 2. The number of hydrogen-bond acceptors (Lipinski definition) is 2. The van der Waals surface area contributed by atoms with Crippen LogP contribution in [0.2, 0.25) is 0 Å². The Hall–Kier alpha value is -5.28. The summed E-state index contributed by atoms with van der Waals surface area (Å²) in [5, 5.41) is 2.55. The van der Waals surface area contributed by atoms with Gasteiger partial charge in [-0.25, -0.2) is 9.97 Å². The minimum absolute atomic E-state index is 0.401. The zero-order valence-corrected chi connectivity index (χ0v) is 24.2. The molecule has 0 bridgehead atoms. The van der Waals surface area contributed by atoms with Gasteiger partial charge in [-0.05, 0) is 73.9 Å². The maximum atomic E-state index is 5.29. The number of benzene rings is 4. The van der Waals surface area contributed by atoms with Gasteiger partial charge in [0, 0.05) is 44.6 Å². The molecule has 0 saturated carbocycles. The zero-order valence-electron chi connectivity index (χ0n) is 24.2. The van der Waals surface area contributed by atoms with Gasteiger partial charge in [-0.15, -0.1) is 0 Å². The number of fused-ring (bicyclic) bond motifs is 6. The summed E-state index contributed by atoms with van der Waals surface area (Å²) in [7, 11) is 0. The Kier molecular flexibility index (Phi) is 5.15. The first kappa shape index (κ1) is 24.3. The smallest absolute Gasteiger partial charge is 0.160 e. The molecule has 1 unspecified atom stereocenters. The molecular weight excluding hydrogens is 522 g/mol. The van der Waals surface area contributed by atoms with Crippen molar-refractivity contribution in [2.75, 3.05) is 0 Å². The van der Waals surface area contributed by atoms with Crippen molar-refractivity contribution in [1.82, 2.24) is 14.5 Å². The molecule has 0 spiro atoms. The van der Waals surface area contributed by atoms with Crippen molar-refractivity contribution in [2.45, 2.75) is 20.3 Å². The van der Waals surface area contributed by atoms with Gasteiger partial charge in [-0.3, -0.25) is 0 Å². The molecule has 3 aliphatic rings. The van der Waals surface area contributed by atoms with E-state index in [0.29, 0.717) is 5.92 Å². The van der Waals surface area contributed by atoms with E-state index in [9.17, 15) is 0 Å². The quantitative estimate of drug-likeness (QED) is 0.219. The van der Waals surface area contributed by atoms with Crippen molar-refractivity contribution in [3.05, 3.63) is 149 Å². The molecule has 3 aliphatic carbocycles. The fourth-order valence-corrected chi connectivity index (χ4v) is 7.14. The molecule has 3 nitrogen and oxygen atoms in total. The summed E-state index contributed by atoms with van der Waals surface area (Å²) in [6, 6.07) is 32.9. The molecule has 0 amide bonds. The predicted octanol–water partition coefficient (Wildman–Crippen LogP) is 9.82. The van der Waals surface area contributed by atoms with Crippen molar-refractivity contribution >= 4 is 33.0 Å². The third-order valence-corrected chi connectivity index (χ3v) is 9.20. The first-order chi connectivity index (χ1) is 21.1. The maximum absolute atomic E-state index is 5.29. The molecule has 1 atom stereocenters. The molecule has 0 fully saturated rings. The van der Waals surface area contributed by atoms with Crippen molar-refractivity contribution in [1.29, 1.82) is 0 Å². The molecule has 9 rings (SSSR count). The largest absolute Gasteiger partial charge is 0.309 e. The fourth-order valence-electron chi connectivity index (χ4n) is 7.14. The molecule has 2 aromatic heterocycles. The van der Waals surface area contributed by atoms with Gasteiger partial charge < -0.3 is 4.57 Å². The fraction of sp³-hybridized carbons (Fsp3) is 0.100. The number of rotatable bonds is 3. The van der Waals surface area contributed by atoms with Gasteiger partial charge in [0.2, 0.25) is 0 Å². The maximum Gasteiger partial charge on any atom is 0.160 e. The zero-order chi connectivity index (χ0) is 28.7. The van der Waals surface area contributed by atoms with Crippen LogP contribution in [0.25, 0.3) is 61.3 Å². The average Bonchev–Trinajstić information content (AvgIpc) is 3.55. The molecule has 43 heavy (non-hydrogen) atoms. The molecular formula is C40H29N3. The standard InChI is InChI=1S/C40H29N3/c1-24-13-16-27(17-14-24)38-37-31-10-5-7-26-8-6-11-32(36(26)31)39(37)42-40(41-38)28-18-20-29(21-19-28)43-34-12-4-3-9-30(34)33-23-25(2)15-22-35(33)43/h3-7,9-23,26H,8H2,1-2H3. The number of aromatic nitrogens is 3. The van der Waals surface area contributed by atoms with E-state index in [0.717, 1.165) is 46.0 Å². The van der Waals surface area contributed by atoms with Gasteiger partial charge in [-0.1, -0.05) is 90.0 Å². The average molecular weight is 552 g/mol. The van der Waals surface area contributed by atoms with E-state index in [2.05, 4.69) is 140 Å². The molecule has 0 saturated heterocycles. The lowest BCUT2D eigenvalue weighted by Gasteiger charge is -2.22. The van der Waals surface area contributed by atoms with Crippen molar-refractivity contribution in [3.63, 3.8) is 0 Å². The summed E-state index contributed by atoms with van der Waals surface area (Å²) in [6.07, 6.45) is 12.4. The summed E-state index contributed by atoms with van der Waals surface area (Å²) in [5.41, 5.74) is 15.3. The van der Waals surface area contributed by atoms with Crippen LogP contribution in [0, 0.1) is 19.8 Å². The van der Waals surface area contributed by atoms with Crippen LogP contribution < -0.4 is 0 Å². The van der Waals surface area contributed by atoms with Gasteiger partial charge in [0.15, 0.2) is 5.82 Å². The van der Waals surface area contributed by atoms with E-state index in [-0.39, 0.29) is 0 Å². The van der Waals surface area contributed by atoms with Gasteiger partial charge in [-0.2, -0.15) is 0 Å². The summed E-state index contributed by atoms with van der Waals surface area (Å²) < 4.78 is 2.36. The van der Waals surface area contributed by atoms with Gasteiger partial charge in [0.1, 0.15) is 0 Å². The first-order valence-electron chi connectivity index (χ1n) is 15.0. The molecule has 4 aromatic carbocycles. The molecule has 6 aromatic rings. The molecule has 0 aliphatic heterocycles. The number of allylic oxidation sites excluding steroid dienone is 8. The highest BCUT2D eigenvalue weighted by molar-refractivity contribution is 6.10. The van der Waals surface area contributed by atoms with Crippen LogP contribution in [-0.2, 0) is 0 Å². The SMILES string of the molecule is Cc1ccc(-c2nc(-c3ccc(-n4c5ccccc5c5cc(C)ccc54)cc3)nc3c2C2=CC=CC4CC=CC3=C24)cc1. The molecule has 0 N–H and O–H groups in total. The van der Waals surface area contributed by atoms with Crippen LogP contribution in [0.15, 0.2) is 127 Å². The predicted molar refractivity (Wildman–Crippen MR) is 178 cm³/mol. The third kappa shape index (κ3) is 3.61. The lowest BCUT2D eigenvalue weighted by molar-refractivity contribution is 0.793. The topological polar surface area (TPSA) is 30.7 Å². The van der Waals surface area contributed by atoms with E-state index < -0.39 is 0 Å². The Labute approximate surface area is 250 Å². The van der Waals surface area contributed by atoms with Crippen molar-refractivity contribution < 1.29 is 0 Å². The highest BCUT2D eigenvalue weighted by atomic mass is 15.0. The van der Waals surface area contributed by atoms with E-state index in [1.807, 2.05) is 0 Å². The Bertz CT molecular complexity index is 2250. The number of nitrogens with zero attached hydrogens (tertiary/aromatic N) is 3. The van der Waals surface area contributed by atoms with Crippen LogP contribution in [0.5, 0.6) is 0 Å². The molecule has 3 heteroatoms. The highest BCUT2D eigenvalue weighted by Gasteiger charge is 2.36. The van der Waals surface area contributed by atoms with Crippen LogP contribution in [0.3, 0.4) is 0 Å². The minimum atomic E-state index is 0.401. The summed E-state index contributed by atoms with van der Waals surface area (Å²) in [5.74, 6) is 1.16. The Morgan fingerprint density at radius 3 is 2.33 bits per heavy atom. The van der Waals surface area contributed by atoms with Crippen LogP contribution >= 0.6 is 0 Å². The Morgan fingerprint density at radius 1 is 0.721 bits per heavy atom. The van der Waals surface area contributed by atoms with Crippen molar-refractivity contribution in [3.8, 4) is 28.3 Å². The second-order valence-electron chi connectivity index (χ2n) is 11.9. The van der Waals surface area contributed by atoms with Crippen LogP contribution in [0.1, 0.15) is 28.8 Å². The monoisotopic (exact) mass is 551 g/mol. The van der Waals surface area contributed by atoms with Gasteiger partial charge in [0.25, 0.3) is 0 Å². The Morgan fingerprint density at radius 2 is 1.47 bits per heavy atom. The highest BCUT2D eigenvalue weighted by Crippen LogP contribution is 2.52. The summed E-state index contributed by atoms with van der Waals surface area (Å²) >= 11 is 0. The van der Waals surface area contributed by atoms with Gasteiger partial charge in [0.05, 0.1) is 22.4 Å². The van der Waals surface area contributed by atoms with E-state index >= 15 is 0 Å². The molecule has 2 heterocycles. The lowest BCUT2D eigenvalue weighted by atomic mass is 9.82. The first-order valence-corrected chi connectivity index (χ1v) is 15.0. The second kappa shape index (κ2) is 9.11. The van der Waals surface area contributed by atoms with Crippen LogP contribution in [0.4, 0.5) is 0 Å². The molecule has 0 radical (unpaired) electrons. The van der Waals surface area contributed by atoms with Crippen molar-refractivity contribution in [2.24, 2.45) is 5.92 Å². The number of para-hydroxylation sites is 1.